The van der Waals surface area contributed by atoms with Crippen molar-refractivity contribution >= 4 is 21.6 Å². The predicted molar refractivity (Wildman–Crippen MR) is 108 cm³/mol. The molecule has 0 spiro atoms. The van der Waals surface area contributed by atoms with Gasteiger partial charge >= 0.3 is 0 Å². The highest BCUT2D eigenvalue weighted by Crippen LogP contribution is 2.22. The van der Waals surface area contributed by atoms with E-state index in [1.165, 1.54) is 11.6 Å². The van der Waals surface area contributed by atoms with E-state index in [4.69, 9.17) is 16.3 Å². The standard InChI is InChI=1S/C20H25ClN2O3S/c1-16-8-9-18(21)14-20(16)27(24,25)22-10-5-11-23-12-13-26-19(15-23)17-6-3-2-4-7-17/h2-4,6-9,14,19,22H,5,10-13,15H2,1H3/t19-/m0/s1. The van der Waals surface area contributed by atoms with Gasteiger partial charge in [-0.15, -0.1) is 0 Å². The smallest absolute Gasteiger partial charge is 0.240 e. The van der Waals surface area contributed by atoms with Crippen molar-refractivity contribution in [2.45, 2.75) is 24.3 Å². The molecule has 3 rings (SSSR count). The summed E-state index contributed by atoms with van der Waals surface area (Å²) >= 11 is 5.94. The van der Waals surface area contributed by atoms with Crippen LogP contribution in [0.25, 0.3) is 0 Å². The van der Waals surface area contributed by atoms with E-state index in [0.29, 0.717) is 23.7 Å². The number of rotatable bonds is 7. The Labute approximate surface area is 166 Å². The van der Waals surface area contributed by atoms with Gasteiger partial charge in [0.15, 0.2) is 0 Å². The number of sulfonamides is 1. The molecule has 0 aliphatic carbocycles. The fourth-order valence-corrected chi connectivity index (χ4v) is 4.80. The molecule has 1 heterocycles. The largest absolute Gasteiger partial charge is 0.371 e. The Morgan fingerprint density at radius 3 is 2.78 bits per heavy atom. The van der Waals surface area contributed by atoms with Gasteiger partial charge in [-0.05, 0) is 43.1 Å². The van der Waals surface area contributed by atoms with Crippen LogP contribution >= 0.6 is 11.6 Å². The maximum atomic E-state index is 12.5. The molecule has 0 amide bonds. The highest BCUT2D eigenvalue weighted by molar-refractivity contribution is 7.89. The summed E-state index contributed by atoms with van der Waals surface area (Å²) in [5.74, 6) is 0. The summed E-state index contributed by atoms with van der Waals surface area (Å²) in [7, 11) is -3.55. The number of ether oxygens (including phenoxy) is 1. The van der Waals surface area contributed by atoms with Crippen LogP contribution in [0.2, 0.25) is 5.02 Å². The van der Waals surface area contributed by atoms with Crippen molar-refractivity contribution in [2.24, 2.45) is 0 Å². The van der Waals surface area contributed by atoms with E-state index in [1.54, 1.807) is 19.1 Å². The molecule has 1 aliphatic heterocycles. The molecular formula is C20H25ClN2O3S. The fraction of sp³-hybridized carbons (Fsp3) is 0.400. The first-order chi connectivity index (χ1) is 13.0. The van der Waals surface area contributed by atoms with Gasteiger partial charge in [0.2, 0.25) is 10.0 Å². The van der Waals surface area contributed by atoms with Gasteiger partial charge in [-0.3, -0.25) is 4.90 Å². The van der Waals surface area contributed by atoms with Crippen LogP contribution in [-0.4, -0.2) is 46.1 Å². The van der Waals surface area contributed by atoms with E-state index < -0.39 is 10.0 Å². The Morgan fingerprint density at radius 1 is 1.22 bits per heavy atom. The molecule has 1 aliphatic rings. The number of halogens is 1. The quantitative estimate of drug-likeness (QED) is 0.713. The van der Waals surface area contributed by atoms with Crippen LogP contribution in [0.3, 0.4) is 0 Å². The van der Waals surface area contributed by atoms with Gasteiger partial charge in [0.1, 0.15) is 0 Å². The topological polar surface area (TPSA) is 58.6 Å². The molecule has 0 unspecified atom stereocenters. The number of hydrogen-bond acceptors (Lipinski definition) is 4. The molecule has 2 aromatic carbocycles. The van der Waals surface area contributed by atoms with Crippen LogP contribution in [0.15, 0.2) is 53.4 Å². The first-order valence-electron chi connectivity index (χ1n) is 9.10. The SMILES string of the molecule is Cc1ccc(Cl)cc1S(=O)(=O)NCCCN1CCO[C@H](c2ccccc2)C1. The van der Waals surface area contributed by atoms with E-state index in [9.17, 15) is 8.42 Å². The molecule has 0 saturated carbocycles. The van der Waals surface area contributed by atoms with E-state index in [2.05, 4.69) is 21.8 Å². The van der Waals surface area contributed by atoms with Gasteiger partial charge in [-0.1, -0.05) is 48.0 Å². The number of nitrogens with zero attached hydrogens (tertiary/aromatic N) is 1. The summed E-state index contributed by atoms with van der Waals surface area (Å²) in [6.07, 6.45) is 0.811. The Kier molecular flexibility index (Phi) is 6.89. The molecule has 27 heavy (non-hydrogen) atoms. The first kappa shape index (κ1) is 20.3. The third-order valence-corrected chi connectivity index (χ3v) is 6.54. The summed E-state index contributed by atoms with van der Waals surface area (Å²) in [6.45, 7) is 5.36. The zero-order valence-electron chi connectivity index (χ0n) is 15.4. The number of morpholine rings is 1. The summed E-state index contributed by atoms with van der Waals surface area (Å²) < 4.78 is 33.5. The summed E-state index contributed by atoms with van der Waals surface area (Å²) in [5.41, 5.74) is 1.87. The predicted octanol–water partition coefficient (Wildman–Crippen LogP) is 3.39. The lowest BCUT2D eigenvalue weighted by Crippen LogP contribution is -2.39. The minimum absolute atomic E-state index is 0.0748. The molecule has 5 nitrogen and oxygen atoms in total. The van der Waals surface area contributed by atoms with Crippen LogP contribution < -0.4 is 4.72 Å². The van der Waals surface area contributed by atoms with Crippen molar-refractivity contribution < 1.29 is 13.2 Å². The highest BCUT2D eigenvalue weighted by Gasteiger charge is 2.22. The van der Waals surface area contributed by atoms with E-state index in [0.717, 1.165) is 26.1 Å². The van der Waals surface area contributed by atoms with Crippen LogP contribution in [0.4, 0.5) is 0 Å². The average Bonchev–Trinajstić information content (AvgIpc) is 2.68. The molecule has 2 aromatic rings. The van der Waals surface area contributed by atoms with Crippen LogP contribution in [0.1, 0.15) is 23.7 Å². The molecule has 1 fully saturated rings. The van der Waals surface area contributed by atoms with Gasteiger partial charge < -0.3 is 4.74 Å². The Bertz CT molecular complexity index is 859. The van der Waals surface area contributed by atoms with Crippen molar-refractivity contribution in [3.8, 4) is 0 Å². The second-order valence-corrected chi connectivity index (χ2v) is 8.90. The lowest BCUT2D eigenvalue weighted by atomic mass is 10.1. The zero-order valence-corrected chi connectivity index (χ0v) is 17.0. The van der Waals surface area contributed by atoms with Crippen molar-refractivity contribution in [1.82, 2.24) is 9.62 Å². The molecule has 7 heteroatoms. The number of hydrogen-bond donors (Lipinski definition) is 1. The van der Waals surface area contributed by atoms with Crippen LogP contribution in [0, 0.1) is 6.92 Å². The molecule has 0 aromatic heterocycles. The number of aryl methyl sites for hydroxylation is 1. The summed E-state index contributed by atoms with van der Waals surface area (Å²) in [5, 5.41) is 0.418. The second-order valence-electron chi connectivity index (χ2n) is 6.73. The van der Waals surface area contributed by atoms with Crippen molar-refractivity contribution in [3.05, 3.63) is 64.7 Å². The van der Waals surface area contributed by atoms with Gasteiger partial charge in [0, 0.05) is 24.7 Å². The van der Waals surface area contributed by atoms with Crippen molar-refractivity contribution in [2.75, 3.05) is 32.8 Å². The lowest BCUT2D eigenvalue weighted by molar-refractivity contribution is -0.0300. The molecule has 1 N–H and O–H groups in total. The average molecular weight is 409 g/mol. The number of nitrogens with one attached hydrogen (secondary N) is 1. The van der Waals surface area contributed by atoms with Gasteiger partial charge in [0.05, 0.1) is 17.6 Å². The van der Waals surface area contributed by atoms with Gasteiger partial charge in [0.25, 0.3) is 0 Å². The third-order valence-electron chi connectivity index (χ3n) is 4.70. The molecule has 1 saturated heterocycles. The molecule has 1 atom stereocenters. The summed E-state index contributed by atoms with van der Waals surface area (Å²) in [4.78, 5) is 2.56. The Hall–Kier alpha value is -1.44. The molecular weight excluding hydrogens is 384 g/mol. The maximum Gasteiger partial charge on any atom is 0.240 e. The normalized spacial score (nSPS) is 18.5. The Balaban J connectivity index is 1.49. The van der Waals surface area contributed by atoms with Crippen LogP contribution in [0.5, 0.6) is 0 Å². The zero-order chi connectivity index (χ0) is 19.3. The lowest BCUT2D eigenvalue weighted by Gasteiger charge is -2.33. The van der Waals surface area contributed by atoms with Gasteiger partial charge in [-0.2, -0.15) is 0 Å². The van der Waals surface area contributed by atoms with Crippen molar-refractivity contribution in [1.29, 1.82) is 0 Å². The third kappa shape index (κ3) is 5.53. The minimum atomic E-state index is -3.55. The van der Waals surface area contributed by atoms with E-state index >= 15 is 0 Å². The highest BCUT2D eigenvalue weighted by atomic mass is 35.5. The number of benzene rings is 2. The molecule has 0 radical (unpaired) electrons. The van der Waals surface area contributed by atoms with Gasteiger partial charge in [-0.25, -0.2) is 13.1 Å². The van der Waals surface area contributed by atoms with Crippen LogP contribution in [-0.2, 0) is 14.8 Å². The minimum Gasteiger partial charge on any atom is -0.371 e. The first-order valence-corrected chi connectivity index (χ1v) is 11.0. The monoisotopic (exact) mass is 408 g/mol. The second kappa shape index (κ2) is 9.17. The molecule has 146 valence electrons. The Morgan fingerprint density at radius 2 is 2.00 bits per heavy atom. The van der Waals surface area contributed by atoms with E-state index in [1.807, 2.05) is 18.2 Å². The fourth-order valence-electron chi connectivity index (χ4n) is 3.23. The van der Waals surface area contributed by atoms with Crippen molar-refractivity contribution in [3.63, 3.8) is 0 Å². The maximum absolute atomic E-state index is 12.5. The molecule has 0 bridgehead atoms. The summed E-state index contributed by atoms with van der Waals surface area (Å²) in [6, 6.07) is 15.1. The van der Waals surface area contributed by atoms with E-state index in [-0.39, 0.29) is 11.0 Å².